The van der Waals surface area contributed by atoms with E-state index in [2.05, 4.69) is 0 Å². The van der Waals surface area contributed by atoms with E-state index < -0.39 is 217 Å². The molecule has 13 rings (SSSR count). The molecule has 0 saturated heterocycles. The average Bonchev–Trinajstić information content (AvgIpc) is 1.55. The summed E-state index contributed by atoms with van der Waals surface area (Å²) >= 11 is 0. The second kappa shape index (κ2) is 14.1. The van der Waals surface area contributed by atoms with Gasteiger partial charge in [0.1, 0.15) is 5.58 Å². The van der Waals surface area contributed by atoms with Gasteiger partial charge in [-0.25, -0.2) is 0 Å². The lowest BCUT2D eigenvalue weighted by atomic mass is 9.95. The second-order valence-electron chi connectivity index (χ2n) is 14.3. The third kappa shape index (κ3) is 5.60. The number of furan rings is 1. The Kier molecular flexibility index (Phi) is 3.92. The van der Waals surface area contributed by atoms with Crippen LogP contribution in [0.5, 0.6) is 0 Å². The molecule has 0 radical (unpaired) electrons. The van der Waals surface area contributed by atoms with Crippen molar-refractivity contribution in [3.05, 3.63) is 230 Å². The molecule has 3 heteroatoms. The fourth-order valence-electron chi connectivity index (χ4n) is 7.98. The molecule has 10 aromatic carbocycles. The molecular weight excluding hydrogens is 765 g/mol. The van der Waals surface area contributed by atoms with Crippen LogP contribution in [-0.4, -0.2) is 9.13 Å². The van der Waals surface area contributed by atoms with Crippen LogP contribution in [0.3, 0.4) is 0 Å². The molecule has 0 N–H and O–H groups in total. The second-order valence-corrected chi connectivity index (χ2v) is 14.3. The highest BCUT2D eigenvalue weighted by Gasteiger charge is 2.20. The number of nitrogens with zero attached hydrogens (tertiary/aromatic N) is 2. The number of fused-ring (bicyclic) bond motifs is 9. The zero-order valence-electron chi connectivity index (χ0n) is 60.1. The summed E-state index contributed by atoms with van der Waals surface area (Å²) in [5.74, 6) is 0. The van der Waals surface area contributed by atoms with E-state index in [0.717, 1.165) is 22.8 Å². The molecule has 0 aliphatic heterocycles. The van der Waals surface area contributed by atoms with Gasteiger partial charge >= 0.3 is 0 Å². The topological polar surface area (TPSA) is 23.0 Å². The van der Waals surface area contributed by atoms with Gasteiger partial charge in [-0.15, -0.1) is 0 Å². The fourth-order valence-corrected chi connectivity index (χ4v) is 7.98. The quantitative estimate of drug-likeness (QED) is 0.164. The highest BCUT2D eigenvalue weighted by molar-refractivity contribution is 6.17. The van der Waals surface area contributed by atoms with Crippen LogP contribution in [0.15, 0.2) is 234 Å². The third-order valence-corrected chi connectivity index (χ3v) is 10.8. The lowest BCUT2D eigenvalue weighted by Gasteiger charge is -2.10. The van der Waals surface area contributed by atoms with E-state index in [4.69, 9.17) is 22.2 Å². The summed E-state index contributed by atoms with van der Waals surface area (Å²) in [6.07, 6.45) is 0. The Morgan fingerprint density at radius 3 is 1.73 bits per heavy atom. The van der Waals surface area contributed by atoms with Gasteiger partial charge in [-0.3, -0.25) is 0 Å². The molecule has 0 bridgehead atoms. The smallest absolute Gasteiger partial charge is 0.159 e. The maximum atomic E-state index is 10.1. The molecule has 294 valence electrons. The predicted octanol–water partition coefficient (Wildman–Crippen LogP) is 16.4. The third-order valence-electron chi connectivity index (χ3n) is 10.8. The molecule has 3 aromatic heterocycles. The minimum absolute atomic E-state index is 0.161. The van der Waals surface area contributed by atoms with Gasteiger partial charge in [-0.1, -0.05) is 163 Å². The highest BCUT2D eigenvalue weighted by atomic mass is 16.3. The standard InChI is InChI=1S/C60H38N2O/c1-3-14-39(15-4-1)42-16-11-17-43(36-42)40-28-30-41(31-29-40)47-22-13-27-58-59(47)50-23-12-26-57(60(50)63-58)62-54-25-10-8-21-49(54)52-38-45(33-35-56(52)62)44-32-34-55-51(37-44)48-20-7-9-24-53(48)61(55)46-18-5-2-6-19-46/h1-38H/i1D,3D,7D,8D,9D,10D,11D,12D,13D,15D,16D,17D,20D,21D,22D,23D,24D,25D,27D,28D,30D,32D,33D,34D,35D,36D,37D,38D. The summed E-state index contributed by atoms with van der Waals surface area (Å²) in [4.78, 5) is 0. The first-order valence-corrected chi connectivity index (χ1v) is 19.3. The molecule has 0 atom stereocenters. The summed E-state index contributed by atoms with van der Waals surface area (Å²) in [7, 11) is 0. The van der Waals surface area contributed by atoms with Crippen molar-refractivity contribution in [1.82, 2.24) is 9.13 Å². The van der Waals surface area contributed by atoms with Crippen molar-refractivity contribution in [1.29, 1.82) is 0 Å². The molecule has 13 aromatic rings. The number of benzene rings is 10. The van der Waals surface area contributed by atoms with Crippen molar-refractivity contribution in [3.63, 3.8) is 0 Å². The van der Waals surface area contributed by atoms with Gasteiger partial charge in [0.15, 0.2) is 5.58 Å². The normalized spacial score (nSPS) is 18.0. The number of para-hydroxylation sites is 4. The maximum Gasteiger partial charge on any atom is 0.159 e. The van der Waals surface area contributed by atoms with Crippen LogP contribution < -0.4 is 0 Å². The first-order valence-electron chi connectivity index (χ1n) is 33.3. The minimum Gasteiger partial charge on any atom is -0.454 e. The van der Waals surface area contributed by atoms with Gasteiger partial charge in [-0.2, -0.15) is 0 Å². The fraction of sp³-hybridized carbons (Fsp3) is 0. The number of aromatic nitrogens is 2. The SMILES string of the molecule is [2H]c1cc([2H])c(-c2c([2H])c([2H])c([2H])c(-c3ccc(-c4c([2H])c([2H])c([2H])c5oc6c(-n7c8c([2H])c([2H])c([2H])c([2H])c8c8c([2H])c(-c9c([2H])c([2H])c%10c(c9[2H])c9c([2H])c([2H])c([2H])c([2H])c9n%10-c9ccccc9)c([2H])c([2H])c87)cc([2H])c([2H])c6c45)c([2H])c3[2H])c2[2H])cc1[2H]. The summed E-state index contributed by atoms with van der Waals surface area (Å²) in [5, 5.41) is -2.25. The van der Waals surface area contributed by atoms with Crippen LogP contribution >= 0.6 is 0 Å². The van der Waals surface area contributed by atoms with Crippen molar-refractivity contribution >= 4 is 65.6 Å². The van der Waals surface area contributed by atoms with Gasteiger partial charge < -0.3 is 13.6 Å². The van der Waals surface area contributed by atoms with Crippen molar-refractivity contribution in [2.24, 2.45) is 0 Å². The van der Waals surface area contributed by atoms with Crippen LogP contribution in [0.4, 0.5) is 0 Å². The van der Waals surface area contributed by atoms with Crippen molar-refractivity contribution < 1.29 is 42.8 Å². The van der Waals surface area contributed by atoms with Gasteiger partial charge in [-0.05, 0) is 111 Å². The monoisotopic (exact) mass is 830 g/mol. The van der Waals surface area contributed by atoms with E-state index in [1.54, 1.807) is 30.3 Å². The summed E-state index contributed by atoms with van der Waals surface area (Å²) in [6.45, 7) is 0. The Bertz CT molecular complexity index is 5570. The van der Waals surface area contributed by atoms with Crippen LogP contribution in [-0.2, 0) is 0 Å². The van der Waals surface area contributed by atoms with Crippen LogP contribution in [0.25, 0.3) is 121 Å². The van der Waals surface area contributed by atoms with E-state index in [1.165, 1.54) is 16.7 Å². The van der Waals surface area contributed by atoms with E-state index >= 15 is 0 Å². The molecule has 63 heavy (non-hydrogen) atoms. The first-order chi connectivity index (χ1) is 42.9. The minimum atomic E-state index is -0.909. The highest BCUT2D eigenvalue weighted by Crippen LogP contribution is 2.43. The molecule has 0 saturated carbocycles. The maximum absolute atomic E-state index is 10.1. The van der Waals surface area contributed by atoms with E-state index in [1.807, 2.05) is 0 Å². The van der Waals surface area contributed by atoms with Gasteiger partial charge in [0.2, 0.25) is 0 Å². The predicted molar refractivity (Wildman–Crippen MR) is 264 cm³/mol. The molecule has 3 heterocycles. The summed E-state index contributed by atoms with van der Waals surface area (Å²) in [5.41, 5.74) is -5.88. The number of rotatable bonds is 6. The molecule has 0 spiro atoms. The Balaban J connectivity index is 1.11. The number of hydrogen-bond acceptors (Lipinski definition) is 1. The van der Waals surface area contributed by atoms with E-state index in [0.29, 0.717) is 0 Å². The van der Waals surface area contributed by atoms with Crippen LogP contribution in [0, 0.1) is 0 Å². The van der Waals surface area contributed by atoms with E-state index in [-0.39, 0.29) is 73.3 Å². The van der Waals surface area contributed by atoms with Crippen molar-refractivity contribution in [2.75, 3.05) is 0 Å². The zero-order valence-corrected chi connectivity index (χ0v) is 32.1. The number of hydrogen-bond donors (Lipinski definition) is 0. The van der Waals surface area contributed by atoms with Crippen molar-refractivity contribution in [2.45, 2.75) is 0 Å². The lowest BCUT2D eigenvalue weighted by molar-refractivity contribution is 0.666. The van der Waals surface area contributed by atoms with Gasteiger partial charge in [0, 0.05) is 38.0 Å². The van der Waals surface area contributed by atoms with E-state index in [9.17, 15) is 20.6 Å². The molecule has 0 amide bonds. The largest absolute Gasteiger partial charge is 0.454 e. The first kappa shape index (κ1) is 17.5. The molecule has 0 aliphatic rings. The lowest BCUT2D eigenvalue weighted by Crippen LogP contribution is -1.94. The molecule has 0 fully saturated rings. The molecule has 0 unspecified atom stereocenters. The van der Waals surface area contributed by atoms with Crippen LogP contribution in [0.1, 0.15) is 38.4 Å². The summed E-state index contributed by atoms with van der Waals surface area (Å²) < 4.78 is 265. The zero-order chi connectivity index (χ0) is 65.8. The molecule has 0 aliphatic carbocycles. The van der Waals surface area contributed by atoms with Crippen LogP contribution in [0.2, 0.25) is 0 Å². The average molecular weight is 831 g/mol. The Labute approximate surface area is 403 Å². The summed E-state index contributed by atoms with van der Waals surface area (Å²) in [6, 6.07) is -5.98. The Hall–Kier alpha value is -8.40. The van der Waals surface area contributed by atoms with Gasteiger partial charge in [0.25, 0.3) is 0 Å². The Morgan fingerprint density at radius 1 is 0.349 bits per heavy atom. The van der Waals surface area contributed by atoms with Gasteiger partial charge in [0.05, 0.1) is 66.1 Å². The Morgan fingerprint density at radius 2 is 0.952 bits per heavy atom. The molecule has 3 nitrogen and oxygen atoms in total. The van der Waals surface area contributed by atoms with Crippen molar-refractivity contribution in [3.8, 4) is 55.9 Å². The molecular formula is C60H38N2O.